The van der Waals surface area contributed by atoms with Crippen molar-refractivity contribution in [1.29, 1.82) is 0 Å². The van der Waals surface area contributed by atoms with Crippen molar-refractivity contribution >= 4 is 11.3 Å². The highest BCUT2D eigenvalue weighted by Crippen LogP contribution is 2.28. The quantitative estimate of drug-likeness (QED) is 0.763. The fourth-order valence-electron chi connectivity index (χ4n) is 2.04. The largest absolute Gasteiger partial charge is 0.312 e. The van der Waals surface area contributed by atoms with Gasteiger partial charge < -0.3 is 5.32 Å². The molecule has 19 heavy (non-hydrogen) atoms. The maximum atomic E-state index is 4.83. The number of rotatable bonds is 7. The first kappa shape index (κ1) is 14.2. The van der Waals surface area contributed by atoms with Crippen LogP contribution in [-0.2, 0) is 13.0 Å². The van der Waals surface area contributed by atoms with Crippen LogP contribution in [0.3, 0.4) is 0 Å². The van der Waals surface area contributed by atoms with Crippen LogP contribution in [-0.4, -0.2) is 11.5 Å². The summed E-state index contributed by atoms with van der Waals surface area (Å²) in [6, 6.07) is 10.5. The van der Waals surface area contributed by atoms with Crippen molar-refractivity contribution in [2.45, 2.75) is 39.7 Å². The second-order valence-electron chi connectivity index (χ2n) is 4.67. The van der Waals surface area contributed by atoms with Gasteiger partial charge in [-0.25, -0.2) is 4.98 Å². The summed E-state index contributed by atoms with van der Waals surface area (Å²) in [6.07, 6.45) is 3.41. The average Bonchev–Trinajstić information content (AvgIpc) is 2.84. The molecule has 2 aromatic rings. The number of benzene rings is 1. The summed E-state index contributed by atoms with van der Waals surface area (Å²) >= 11 is 1.86. The molecule has 0 radical (unpaired) electrons. The summed E-state index contributed by atoms with van der Waals surface area (Å²) in [5.74, 6) is 0. The van der Waals surface area contributed by atoms with Crippen molar-refractivity contribution in [1.82, 2.24) is 10.3 Å². The Labute approximate surface area is 119 Å². The van der Waals surface area contributed by atoms with Crippen LogP contribution in [0, 0.1) is 0 Å². The Balaban J connectivity index is 2.23. The van der Waals surface area contributed by atoms with Gasteiger partial charge in [0.15, 0.2) is 0 Å². The maximum absolute atomic E-state index is 4.83. The van der Waals surface area contributed by atoms with E-state index in [0.29, 0.717) is 0 Å². The molecular weight excluding hydrogens is 252 g/mol. The number of hydrogen-bond donors (Lipinski definition) is 1. The Bertz CT molecular complexity index is 491. The minimum atomic E-state index is 0.930. The standard InChI is InChI=1S/C16H22N2S/c1-3-8-15-18-16(13-9-6-5-7-10-13)14(19-15)12-17-11-4-2/h5-7,9-10,17H,3-4,8,11-12H2,1-2H3. The summed E-state index contributed by atoms with van der Waals surface area (Å²) in [5, 5.41) is 4.75. The second-order valence-corrected chi connectivity index (χ2v) is 5.84. The summed E-state index contributed by atoms with van der Waals surface area (Å²) in [5.41, 5.74) is 2.40. The van der Waals surface area contributed by atoms with E-state index in [1.165, 1.54) is 21.9 Å². The molecule has 2 nitrogen and oxygen atoms in total. The van der Waals surface area contributed by atoms with Crippen molar-refractivity contribution < 1.29 is 0 Å². The lowest BCUT2D eigenvalue weighted by Crippen LogP contribution is -2.13. The molecule has 1 heterocycles. The molecule has 0 saturated heterocycles. The third-order valence-corrected chi connectivity index (χ3v) is 4.08. The van der Waals surface area contributed by atoms with E-state index in [4.69, 9.17) is 4.98 Å². The van der Waals surface area contributed by atoms with Gasteiger partial charge in [0.25, 0.3) is 0 Å². The van der Waals surface area contributed by atoms with Crippen LogP contribution >= 0.6 is 11.3 Å². The average molecular weight is 274 g/mol. The van der Waals surface area contributed by atoms with Gasteiger partial charge in [-0.1, -0.05) is 44.2 Å². The van der Waals surface area contributed by atoms with Crippen LogP contribution in [0.4, 0.5) is 0 Å². The number of thiazole rings is 1. The van der Waals surface area contributed by atoms with Gasteiger partial charge in [0, 0.05) is 17.0 Å². The predicted octanol–water partition coefficient (Wildman–Crippen LogP) is 4.26. The van der Waals surface area contributed by atoms with Gasteiger partial charge in [-0.15, -0.1) is 11.3 Å². The zero-order valence-electron chi connectivity index (χ0n) is 11.8. The Hall–Kier alpha value is -1.19. The lowest BCUT2D eigenvalue weighted by atomic mass is 10.1. The lowest BCUT2D eigenvalue weighted by Gasteiger charge is -2.03. The van der Waals surface area contributed by atoms with E-state index < -0.39 is 0 Å². The lowest BCUT2D eigenvalue weighted by molar-refractivity contribution is 0.681. The number of aryl methyl sites for hydroxylation is 1. The monoisotopic (exact) mass is 274 g/mol. The molecule has 102 valence electrons. The Kier molecular flexibility index (Phi) is 5.55. The van der Waals surface area contributed by atoms with E-state index in [-0.39, 0.29) is 0 Å². The topological polar surface area (TPSA) is 24.9 Å². The number of nitrogens with zero attached hydrogens (tertiary/aromatic N) is 1. The van der Waals surface area contributed by atoms with Crippen molar-refractivity contribution in [2.24, 2.45) is 0 Å². The zero-order valence-corrected chi connectivity index (χ0v) is 12.6. The van der Waals surface area contributed by atoms with E-state index >= 15 is 0 Å². The molecule has 0 atom stereocenters. The SMILES string of the molecule is CCCNCc1sc(CCC)nc1-c1ccccc1. The molecule has 0 aliphatic carbocycles. The smallest absolute Gasteiger partial charge is 0.0935 e. The normalized spacial score (nSPS) is 10.8. The van der Waals surface area contributed by atoms with Crippen LogP contribution in [0.15, 0.2) is 30.3 Å². The van der Waals surface area contributed by atoms with Gasteiger partial charge in [0.1, 0.15) is 0 Å². The molecule has 0 unspecified atom stereocenters. The molecule has 0 spiro atoms. The molecule has 1 N–H and O–H groups in total. The van der Waals surface area contributed by atoms with Gasteiger partial charge in [-0.2, -0.15) is 0 Å². The summed E-state index contributed by atoms with van der Waals surface area (Å²) in [7, 11) is 0. The maximum Gasteiger partial charge on any atom is 0.0935 e. The molecule has 0 fully saturated rings. The van der Waals surface area contributed by atoms with E-state index in [0.717, 1.165) is 31.6 Å². The fourth-order valence-corrected chi connectivity index (χ4v) is 3.20. The minimum absolute atomic E-state index is 0.930. The van der Waals surface area contributed by atoms with Crippen molar-refractivity contribution in [3.8, 4) is 11.3 Å². The minimum Gasteiger partial charge on any atom is -0.312 e. The Morgan fingerprint density at radius 1 is 1.11 bits per heavy atom. The molecule has 0 amide bonds. The summed E-state index contributed by atoms with van der Waals surface area (Å²) in [6.45, 7) is 6.40. The van der Waals surface area contributed by atoms with E-state index in [1.54, 1.807) is 0 Å². The second kappa shape index (κ2) is 7.41. The third kappa shape index (κ3) is 3.88. The number of nitrogens with one attached hydrogen (secondary N) is 1. The summed E-state index contributed by atoms with van der Waals surface area (Å²) < 4.78 is 0. The van der Waals surface area contributed by atoms with Crippen LogP contribution in [0.25, 0.3) is 11.3 Å². The molecule has 0 aliphatic rings. The van der Waals surface area contributed by atoms with Crippen molar-refractivity contribution in [3.63, 3.8) is 0 Å². The van der Waals surface area contributed by atoms with E-state index in [2.05, 4.69) is 49.5 Å². The Morgan fingerprint density at radius 3 is 2.58 bits per heavy atom. The van der Waals surface area contributed by atoms with Gasteiger partial charge in [-0.3, -0.25) is 0 Å². The van der Waals surface area contributed by atoms with Gasteiger partial charge in [0.05, 0.1) is 10.7 Å². The predicted molar refractivity (Wildman–Crippen MR) is 83.5 cm³/mol. The highest BCUT2D eigenvalue weighted by atomic mass is 32.1. The first-order valence-electron chi connectivity index (χ1n) is 7.09. The van der Waals surface area contributed by atoms with Gasteiger partial charge in [-0.05, 0) is 25.8 Å². The molecule has 0 saturated carbocycles. The van der Waals surface area contributed by atoms with Gasteiger partial charge >= 0.3 is 0 Å². The molecule has 2 rings (SSSR count). The van der Waals surface area contributed by atoms with E-state index in [9.17, 15) is 0 Å². The fraction of sp³-hybridized carbons (Fsp3) is 0.438. The van der Waals surface area contributed by atoms with Crippen LogP contribution in [0.1, 0.15) is 36.6 Å². The molecule has 0 bridgehead atoms. The van der Waals surface area contributed by atoms with Crippen molar-refractivity contribution in [2.75, 3.05) is 6.54 Å². The Morgan fingerprint density at radius 2 is 1.89 bits per heavy atom. The first-order chi connectivity index (χ1) is 9.35. The molecule has 0 aliphatic heterocycles. The van der Waals surface area contributed by atoms with Crippen LogP contribution < -0.4 is 5.32 Å². The highest BCUT2D eigenvalue weighted by molar-refractivity contribution is 7.12. The van der Waals surface area contributed by atoms with Crippen molar-refractivity contribution in [3.05, 3.63) is 40.2 Å². The van der Waals surface area contributed by atoms with E-state index in [1.807, 2.05) is 11.3 Å². The molecule has 1 aromatic heterocycles. The number of aromatic nitrogens is 1. The van der Waals surface area contributed by atoms with Gasteiger partial charge in [0.2, 0.25) is 0 Å². The third-order valence-electron chi connectivity index (χ3n) is 2.97. The zero-order chi connectivity index (χ0) is 13.5. The molecular formula is C16H22N2S. The molecule has 1 aromatic carbocycles. The summed E-state index contributed by atoms with van der Waals surface area (Å²) in [4.78, 5) is 6.19. The van der Waals surface area contributed by atoms with Crippen LogP contribution in [0.2, 0.25) is 0 Å². The molecule has 3 heteroatoms. The number of hydrogen-bond acceptors (Lipinski definition) is 3. The van der Waals surface area contributed by atoms with Crippen LogP contribution in [0.5, 0.6) is 0 Å². The first-order valence-corrected chi connectivity index (χ1v) is 7.91. The highest BCUT2D eigenvalue weighted by Gasteiger charge is 2.12.